The van der Waals surface area contributed by atoms with E-state index in [1.54, 1.807) is 0 Å². The molecule has 1 aromatic carbocycles. The van der Waals surface area contributed by atoms with E-state index in [-0.39, 0.29) is 17.6 Å². The third-order valence-corrected chi connectivity index (χ3v) is 6.97. The molecule has 1 heterocycles. The fourth-order valence-corrected chi connectivity index (χ4v) is 5.98. The Bertz CT molecular complexity index is 729. The van der Waals surface area contributed by atoms with E-state index in [0.717, 1.165) is 25.1 Å². The molecule has 0 spiro atoms. The van der Waals surface area contributed by atoms with Crippen LogP contribution >= 0.6 is 12.0 Å². The van der Waals surface area contributed by atoms with Crippen molar-refractivity contribution >= 4 is 18.1 Å². The molecule has 1 aromatic rings. The summed E-state index contributed by atoms with van der Waals surface area (Å²) < 4.78 is 11.5. The van der Waals surface area contributed by atoms with E-state index < -0.39 is 5.60 Å². The SMILES string of the molecule is CSOc1ccc2c(c1)C13CCCCC1C(C2)N(C(=O)OC(C)(C)C)CC3. The molecule has 1 saturated carbocycles. The molecule has 3 unspecified atom stereocenters. The van der Waals surface area contributed by atoms with Gasteiger partial charge in [0.25, 0.3) is 0 Å². The molecule has 5 heteroatoms. The van der Waals surface area contributed by atoms with Crippen LogP contribution in [0, 0.1) is 5.92 Å². The zero-order valence-electron chi connectivity index (χ0n) is 16.9. The number of likely N-dealkylation sites (tertiary alicyclic amines) is 1. The van der Waals surface area contributed by atoms with E-state index in [1.807, 2.05) is 31.9 Å². The maximum Gasteiger partial charge on any atom is 0.410 e. The van der Waals surface area contributed by atoms with E-state index in [9.17, 15) is 4.79 Å². The molecule has 2 bridgehead atoms. The van der Waals surface area contributed by atoms with Gasteiger partial charge in [0.1, 0.15) is 11.4 Å². The molecular formula is C22H31NO3S. The van der Waals surface area contributed by atoms with Gasteiger partial charge in [-0.15, -0.1) is 0 Å². The number of hydrogen-bond donors (Lipinski definition) is 0. The lowest BCUT2D eigenvalue weighted by Gasteiger charge is -2.58. The van der Waals surface area contributed by atoms with Gasteiger partial charge in [-0.25, -0.2) is 4.79 Å². The number of ether oxygens (including phenoxy) is 1. The number of nitrogens with zero attached hydrogens (tertiary/aromatic N) is 1. The van der Waals surface area contributed by atoms with Gasteiger partial charge in [-0.3, -0.25) is 0 Å². The maximum absolute atomic E-state index is 12.9. The Morgan fingerprint density at radius 3 is 2.81 bits per heavy atom. The van der Waals surface area contributed by atoms with Crippen LogP contribution < -0.4 is 4.18 Å². The van der Waals surface area contributed by atoms with Crippen LogP contribution in [-0.2, 0) is 16.6 Å². The molecule has 148 valence electrons. The Morgan fingerprint density at radius 1 is 1.26 bits per heavy atom. The first kappa shape index (κ1) is 19.0. The van der Waals surface area contributed by atoms with Gasteiger partial charge in [0, 0.05) is 24.3 Å². The van der Waals surface area contributed by atoms with Crippen LogP contribution in [0.15, 0.2) is 18.2 Å². The molecular weight excluding hydrogens is 358 g/mol. The van der Waals surface area contributed by atoms with Crippen molar-refractivity contribution in [2.75, 3.05) is 12.8 Å². The van der Waals surface area contributed by atoms with Gasteiger partial charge >= 0.3 is 6.09 Å². The van der Waals surface area contributed by atoms with Crippen molar-refractivity contribution in [2.24, 2.45) is 5.92 Å². The number of rotatable bonds is 2. The highest BCUT2D eigenvalue weighted by atomic mass is 32.2. The third-order valence-electron chi connectivity index (χ3n) is 6.62. The Hall–Kier alpha value is -1.36. The smallest absolute Gasteiger partial charge is 0.410 e. The normalized spacial score (nSPS) is 29.6. The Kier molecular flexibility index (Phi) is 4.86. The van der Waals surface area contributed by atoms with Crippen LogP contribution in [-0.4, -0.2) is 35.4 Å². The highest BCUT2D eigenvalue weighted by molar-refractivity contribution is 7.94. The number of piperidine rings is 1. The van der Waals surface area contributed by atoms with Crippen LogP contribution in [0.25, 0.3) is 0 Å². The van der Waals surface area contributed by atoms with E-state index in [2.05, 4.69) is 18.2 Å². The summed E-state index contributed by atoms with van der Waals surface area (Å²) in [6.07, 6.45) is 8.75. The minimum absolute atomic E-state index is 0.141. The molecule has 1 amide bonds. The summed E-state index contributed by atoms with van der Waals surface area (Å²) in [5, 5.41) is 0. The first-order valence-electron chi connectivity index (χ1n) is 10.2. The Balaban J connectivity index is 1.71. The lowest BCUT2D eigenvalue weighted by Crippen LogP contribution is -2.62. The lowest BCUT2D eigenvalue weighted by atomic mass is 9.52. The molecule has 2 aliphatic carbocycles. The van der Waals surface area contributed by atoms with E-state index >= 15 is 0 Å². The zero-order valence-corrected chi connectivity index (χ0v) is 17.7. The van der Waals surface area contributed by atoms with Crippen molar-refractivity contribution in [3.05, 3.63) is 29.3 Å². The van der Waals surface area contributed by atoms with E-state index in [0.29, 0.717) is 5.92 Å². The highest BCUT2D eigenvalue weighted by Crippen LogP contribution is 2.56. The third kappa shape index (κ3) is 3.32. The summed E-state index contributed by atoms with van der Waals surface area (Å²) in [7, 11) is 0. The largest absolute Gasteiger partial charge is 0.444 e. The number of benzene rings is 1. The molecule has 1 aliphatic heterocycles. The molecule has 0 aromatic heterocycles. The number of carbonyl (C=O) groups is 1. The van der Waals surface area contributed by atoms with Crippen LogP contribution in [0.2, 0.25) is 0 Å². The summed E-state index contributed by atoms with van der Waals surface area (Å²) in [4.78, 5) is 15.0. The summed E-state index contributed by atoms with van der Waals surface area (Å²) in [5.41, 5.74) is 2.63. The fraction of sp³-hybridized carbons (Fsp3) is 0.682. The molecule has 4 rings (SSSR count). The first-order valence-corrected chi connectivity index (χ1v) is 11.3. The maximum atomic E-state index is 12.9. The molecule has 3 aliphatic rings. The minimum Gasteiger partial charge on any atom is -0.444 e. The number of hydrogen-bond acceptors (Lipinski definition) is 4. The van der Waals surface area contributed by atoms with E-state index in [1.165, 1.54) is 48.9 Å². The molecule has 27 heavy (non-hydrogen) atoms. The zero-order chi connectivity index (χ0) is 19.2. The van der Waals surface area contributed by atoms with Crippen LogP contribution in [0.1, 0.15) is 64.0 Å². The summed E-state index contributed by atoms with van der Waals surface area (Å²) in [6.45, 7) is 6.64. The minimum atomic E-state index is -0.450. The van der Waals surface area contributed by atoms with Crippen molar-refractivity contribution in [1.29, 1.82) is 0 Å². The summed E-state index contributed by atoms with van der Waals surface area (Å²) >= 11 is 1.40. The second-order valence-corrected chi connectivity index (χ2v) is 9.77. The van der Waals surface area contributed by atoms with Crippen molar-refractivity contribution in [3.8, 4) is 5.75 Å². The predicted octanol–water partition coefficient (Wildman–Crippen LogP) is 5.34. The second-order valence-electron chi connectivity index (χ2n) is 9.27. The first-order chi connectivity index (χ1) is 12.8. The van der Waals surface area contributed by atoms with Crippen LogP contribution in [0.5, 0.6) is 5.75 Å². The van der Waals surface area contributed by atoms with E-state index in [4.69, 9.17) is 8.92 Å². The average molecular weight is 390 g/mol. The standard InChI is InChI=1S/C22H31NO3S/c1-21(2,3)25-20(24)23-12-11-22-10-6-5-7-17(22)19(23)13-15-8-9-16(26-27-4)14-18(15)22/h8-9,14,17,19H,5-7,10-13H2,1-4H3. The van der Waals surface area contributed by atoms with Crippen LogP contribution in [0.3, 0.4) is 0 Å². The topological polar surface area (TPSA) is 38.8 Å². The van der Waals surface area contributed by atoms with Gasteiger partial charge in [0.2, 0.25) is 0 Å². The number of carbonyl (C=O) groups excluding carboxylic acids is 1. The molecule has 3 atom stereocenters. The molecule has 2 fully saturated rings. The number of amides is 1. The van der Waals surface area contributed by atoms with Crippen molar-refractivity contribution in [1.82, 2.24) is 4.90 Å². The average Bonchev–Trinajstić information content (AvgIpc) is 2.61. The highest BCUT2D eigenvalue weighted by Gasteiger charge is 2.55. The van der Waals surface area contributed by atoms with Gasteiger partial charge in [-0.1, -0.05) is 18.9 Å². The van der Waals surface area contributed by atoms with Crippen molar-refractivity contribution < 1.29 is 13.7 Å². The van der Waals surface area contributed by atoms with Crippen molar-refractivity contribution in [2.45, 2.75) is 76.4 Å². The second kappa shape index (κ2) is 6.91. The van der Waals surface area contributed by atoms with Gasteiger partial charge in [-0.05, 0) is 75.6 Å². The number of fused-ring (bicyclic) bond motifs is 1. The monoisotopic (exact) mass is 389 g/mol. The Labute approximate surface area is 167 Å². The molecule has 1 saturated heterocycles. The fourth-order valence-electron chi connectivity index (χ4n) is 5.68. The molecule has 0 radical (unpaired) electrons. The predicted molar refractivity (Wildman–Crippen MR) is 109 cm³/mol. The quantitative estimate of drug-likeness (QED) is 0.640. The van der Waals surface area contributed by atoms with Gasteiger partial charge in [0.05, 0.1) is 12.0 Å². The van der Waals surface area contributed by atoms with Crippen molar-refractivity contribution in [3.63, 3.8) is 0 Å². The Morgan fingerprint density at radius 2 is 2.07 bits per heavy atom. The van der Waals surface area contributed by atoms with Gasteiger partial charge < -0.3 is 13.8 Å². The van der Waals surface area contributed by atoms with Crippen LogP contribution in [0.4, 0.5) is 4.79 Å². The van der Waals surface area contributed by atoms with Gasteiger partial charge in [-0.2, -0.15) is 0 Å². The summed E-state index contributed by atoms with van der Waals surface area (Å²) in [5.74, 6) is 1.48. The summed E-state index contributed by atoms with van der Waals surface area (Å²) in [6, 6.07) is 6.83. The molecule has 0 N–H and O–H groups in total. The molecule has 4 nitrogen and oxygen atoms in total. The lowest BCUT2D eigenvalue weighted by molar-refractivity contribution is -0.0349. The van der Waals surface area contributed by atoms with Gasteiger partial charge in [0.15, 0.2) is 0 Å².